The number of amides is 1. The van der Waals surface area contributed by atoms with Crippen molar-refractivity contribution in [1.82, 2.24) is 5.43 Å². The van der Waals surface area contributed by atoms with Crippen LogP contribution >= 0.6 is 11.3 Å². The number of hydrazone groups is 1. The normalized spacial score (nSPS) is 10.7. The summed E-state index contributed by atoms with van der Waals surface area (Å²) in [5.74, 6) is 2.00. The van der Waals surface area contributed by atoms with E-state index in [4.69, 9.17) is 14.2 Å². The van der Waals surface area contributed by atoms with Gasteiger partial charge in [-0.05, 0) is 72.0 Å². The maximum atomic E-state index is 12.1. The summed E-state index contributed by atoms with van der Waals surface area (Å²) < 4.78 is 16.4. The number of carbonyl (C=O) groups excluding carboxylic acids is 1. The second-order valence-electron chi connectivity index (χ2n) is 6.17. The Labute approximate surface area is 173 Å². The largest absolute Gasteiger partial charge is 0.497 e. The molecule has 0 saturated heterocycles. The molecule has 0 unspecified atom stereocenters. The number of nitrogens with one attached hydrogen (secondary N) is 1. The minimum Gasteiger partial charge on any atom is -0.497 e. The van der Waals surface area contributed by atoms with Crippen LogP contribution in [-0.2, 0) is 6.61 Å². The lowest BCUT2D eigenvalue weighted by molar-refractivity contribution is 0.0958. The first-order chi connectivity index (χ1) is 14.1. The standard InChI is InChI=1S/C22H22N2O4S/c1-15-10-11-29-21(15)22(25)24-23-13-16-4-9-20(27-3)17(12-16)14-28-19-7-5-18(26-2)6-8-19/h4-13H,14H2,1-3H3,(H,24,25)/b23-13+. The van der Waals surface area contributed by atoms with Crippen LogP contribution in [0.2, 0.25) is 0 Å². The van der Waals surface area contributed by atoms with Gasteiger partial charge in [-0.1, -0.05) is 0 Å². The average molecular weight is 410 g/mol. The van der Waals surface area contributed by atoms with Gasteiger partial charge in [0.05, 0.1) is 25.3 Å². The van der Waals surface area contributed by atoms with Gasteiger partial charge in [0, 0.05) is 5.56 Å². The van der Waals surface area contributed by atoms with Crippen molar-refractivity contribution >= 4 is 23.5 Å². The van der Waals surface area contributed by atoms with E-state index in [1.807, 2.05) is 60.8 Å². The SMILES string of the molecule is COc1ccc(OCc2cc(/C=N/NC(=O)c3sccc3C)ccc2OC)cc1. The molecular formula is C22H22N2O4S. The first-order valence-corrected chi connectivity index (χ1v) is 9.80. The molecule has 2 aromatic carbocycles. The van der Waals surface area contributed by atoms with Gasteiger partial charge in [0.25, 0.3) is 5.91 Å². The highest BCUT2D eigenvalue weighted by molar-refractivity contribution is 7.12. The second-order valence-corrected chi connectivity index (χ2v) is 7.08. The summed E-state index contributed by atoms with van der Waals surface area (Å²) in [6.07, 6.45) is 1.59. The molecule has 0 radical (unpaired) electrons. The van der Waals surface area contributed by atoms with Gasteiger partial charge >= 0.3 is 0 Å². The molecule has 3 rings (SSSR count). The maximum absolute atomic E-state index is 12.1. The monoisotopic (exact) mass is 410 g/mol. The minimum atomic E-state index is -0.217. The number of nitrogens with zero attached hydrogens (tertiary/aromatic N) is 1. The van der Waals surface area contributed by atoms with Crippen molar-refractivity contribution < 1.29 is 19.0 Å². The molecular weight excluding hydrogens is 388 g/mol. The van der Waals surface area contributed by atoms with Gasteiger partial charge in [0.15, 0.2) is 0 Å². The number of methoxy groups -OCH3 is 2. The zero-order valence-electron chi connectivity index (χ0n) is 16.5. The molecule has 1 aromatic heterocycles. The quantitative estimate of drug-likeness (QED) is 0.441. The van der Waals surface area contributed by atoms with Crippen LogP contribution in [0.4, 0.5) is 0 Å². The molecule has 0 aliphatic carbocycles. The van der Waals surface area contributed by atoms with Crippen molar-refractivity contribution in [2.24, 2.45) is 5.10 Å². The molecule has 0 spiro atoms. The zero-order chi connectivity index (χ0) is 20.6. The Balaban J connectivity index is 1.65. The number of carbonyl (C=O) groups is 1. The van der Waals surface area contributed by atoms with Crippen LogP contribution in [0, 0.1) is 6.92 Å². The van der Waals surface area contributed by atoms with Crippen molar-refractivity contribution in [3.63, 3.8) is 0 Å². The molecule has 0 bridgehead atoms. The summed E-state index contributed by atoms with van der Waals surface area (Å²) in [4.78, 5) is 12.8. The Hall–Kier alpha value is -3.32. The number of ether oxygens (including phenoxy) is 3. The van der Waals surface area contributed by atoms with Gasteiger partial charge in [0.2, 0.25) is 0 Å². The van der Waals surface area contributed by atoms with Crippen LogP contribution in [0.15, 0.2) is 59.0 Å². The Morgan fingerprint density at radius 1 is 1.07 bits per heavy atom. The Kier molecular flexibility index (Phi) is 6.86. The Morgan fingerprint density at radius 3 is 2.48 bits per heavy atom. The highest BCUT2D eigenvalue weighted by Crippen LogP contribution is 2.23. The highest BCUT2D eigenvalue weighted by Gasteiger charge is 2.09. The van der Waals surface area contributed by atoms with E-state index < -0.39 is 0 Å². The molecule has 1 N–H and O–H groups in total. The van der Waals surface area contributed by atoms with Crippen LogP contribution in [0.5, 0.6) is 17.2 Å². The lowest BCUT2D eigenvalue weighted by Crippen LogP contribution is -2.17. The summed E-state index contributed by atoms with van der Waals surface area (Å²) in [6, 6.07) is 14.9. The third-order valence-electron chi connectivity index (χ3n) is 4.21. The van der Waals surface area contributed by atoms with Gasteiger partial charge in [-0.15, -0.1) is 11.3 Å². The van der Waals surface area contributed by atoms with Gasteiger partial charge in [-0.3, -0.25) is 4.79 Å². The third-order valence-corrected chi connectivity index (χ3v) is 5.22. The molecule has 1 heterocycles. The van der Waals surface area contributed by atoms with E-state index >= 15 is 0 Å². The number of hydrogen-bond donors (Lipinski definition) is 1. The summed E-state index contributed by atoms with van der Waals surface area (Å²) in [5.41, 5.74) is 5.18. The van der Waals surface area contributed by atoms with E-state index in [2.05, 4.69) is 10.5 Å². The van der Waals surface area contributed by atoms with Crippen molar-refractivity contribution in [2.75, 3.05) is 14.2 Å². The Morgan fingerprint density at radius 2 is 1.83 bits per heavy atom. The fraction of sp³-hybridized carbons (Fsp3) is 0.182. The molecule has 0 atom stereocenters. The van der Waals surface area contributed by atoms with Crippen LogP contribution in [-0.4, -0.2) is 26.3 Å². The summed E-state index contributed by atoms with van der Waals surface area (Å²) >= 11 is 1.39. The highest BCUT2D eigenvalue weighted by atomic mass is 32.1. The number of benzene rings is 2. The van der Waals surface area contributed by atoms with Crippen LogP contribution in [0.1, 0.15) is 26.4 Å². The molecule has 29 heavy (non-hydrogen) atoms. The fourth-order valence-corrected chi connectivity index (χ4v) is 3.46. The molecule has 0 aliphatic heterocycles. The van der Waals surface area contributed by atoms with Crippen LogP contribution < -0.4 is 19.6 Å². The van der Waals surface area contributed by atoms with Gasteiger partial charge < -0.3 is 14.2 Å². The molecule has 150 valence electrons. The van der Waals surface area contributed by atoms with E-state index in [0.29, 0.717) is 17.2 Å². The topological polar surface area (TPSA) is 69.2 Å². The molecule has 3 aromatic rings. The van der Waals surface area contributed by atoms with Crippen molar-refractivity contribution in [3.8, 4) is 17.2 Å². The van der Waals surface area contributed by atoms with Crippen molar-refractivity contribution in [2.45, 2.75) is 13.5 Å². The van der Waals surface area contributed by atoms with E-state index in [1.54, 1.807) is 20.4 Å². The lowest BCUT2D eigenvalue weighted by atomic mass is 10.1. The van der Waals surface area contributed by atoms with E-state index in [0.717, 1.165) is 28.2 Å². The molecule has 6 nitrogen and oxygen atoms in total. The van der Waals surface area contributed by atoms with E-state index in [-0.39, 0.29) is 5.91 Å². The van der Waals surface area contributed by atoms with Gasteiger partial charge in [0.1, 0.15) is 23.9 Å². The molecule has 0 fully saturated rings. The lowest BCUT2D eigenvalue weighted by Gasteiger charge is -2.11. The predicted molar refractivity (Wildman–Crippen MR) is 114 cm³/mol. The van der Waals surface area contributed by atoms with Crippen molar-refractivity contribution in [1.29, 1.82) is 0 Å². The first-order valence-electron chi connectivity index (χ1n) is 8.92. The smallest absolute Gasteiger partial charge is 0.281 e. The average Bonchev–Trinajstić information content (AvgIpc) is 3.18. The summed E-state index contributed by atoms with van der Waals surface area (Å²) in [5, 5.41) is 5.94. The third kappa shape index (κ3) is 5.36. The molecule has 0 aliphatic rings. The van der Waals surface area contributed by atoms with E-state index in [1.165, 1.54) is 11.3 Å². The van der Waals surface area contributed by atoms with Crippen LogP contribution in [0.3, 0.4) is 0 Å². The number of aryl methyl sites for hydroxylation is 1. The van der Waals surface area contributed by atoms with Gasteiger partial charge in [-0.2, -0.15) is 5.10 Å². The van der Waals surface area contributed by atoms with Crippen molar-refractivity contribution in [3.05, 3.63) is 75.5 Å². The first kappa shape index (κ1) is 20.4. The number of thiophene rings is 1. The fourth-order valence-electron chi connectivity index (χ4n) is 2.65. The summed E-state index contributed by atoms with van der Waals surface area (Å²) in [6.45, 7) is 2.23. The maximum Gasteiger partial charge on any atom is 0.281 e. The summed E-state index contributed by atoms with van der Waals surface area (Å²) in [7, 11) is 3.24. The minimum absolute atomic E-state index is 0.217. The number of rotatable bonds is 8. The number of hydrogen-bond acceptors (Lipinski definition) is 6. The predicted octanol–water partition coefficient (Wildman–Crippen LogP) is 4.42. The van der Waals surface area contributed by atoms with Gasteiger partial charge in [-0.25, -0.2) is 5.43 Å². The zero-order valence-corrected chi connectivity index (χ0v) is 17.3. The molecule has 0 saturated carbocycles. The Bertz CT molecular complexity index is 996. The molecule has 7 heteroatoms. The van der Waals surface area contributed by atoms with Crippen LogP contribution in [0.25, 0.3) is 0 Å². The second kappa shape index (κ2) is 9.75. The molecule has 1 amide bonds. The van der Waals surface area contributed by atoms with E-state index in [9.17, 15) is 4.79 Å².